The summed E-state index contributed by atoms with van der Waals surface area (Å²) in [6, 6.07) is 15.2. The zero-order chi connectivity index (χ0) is 11.7. The second-order valence-electron chi connectivity index (χ2n) is 4.27. The first-order valence-corrected chi connectivity index (χ1v) is 5.75. The Hall–Kier alpha value is -2.03. The molecule has 2 aromatic rings. The van der Waals surface area contributed by atoms with Crippen LogP contribution in [0.4, 0.5) is 0 Å². The molecule has 0 spiro atoms. The Morgan fingerprint density at radius 2 is 2.00 bits per heavy atom. The van der Waals surface area contributed by atoms with E-state index in [4.69, 9.17) is 10.5 Å². The third kappa shape index (κ3) is 1.96. The molecule has 3 rings (SSSR count). The van der Waals surface area contributed by atoms with Gasteiger partial charge in [0.2, 0.25) is 0 Å². The Balaban J connectivity index is 1.95. The molecule has 0 bridgehead atoms. The molecule has 1 heterocycles. The molecular formula is C14H14N2O. The predicted molar refractivity (Wildman–Crippen MR) is 69.0 cm³/mol. The lowest BCUT2D eigenvalue weighted by molar-refractivity contribution is 0.312. The van der Waals surface area contributed by atoms with E-state index < -0.39 is 0 Å². The van der Waals surface area contributed by atoms with Crippen molar-refractivity contribution in [2.45, 2.75) is 12.5 Å². The number of rotatable bonds is 2. The van der Waals surface area contributed by atoms with E-state index in [0.717, 1.165) is 6.42 Å². The molecule has 0 aromatic heterocycles. The van der Waals surface area contributed by atoms with Gasteiger partial charge in [-0.25, -0.2) is 4.99 Å². The molecule has 1 aliphatic rings. The molecule has 0 amide bonds. The van der Waals surface area contributed by atoms with E-state index in [1.54, 1.807) is 0 Å². The van der Waals surface area contributed by atoms with Gasteiger partial charge in [-0.05, 0) is 22.8 Å². The number of aliphatic imine (C=N–C) groups is 1. The summed E-state index contributed by atoms with van der Waals surface area (Å²) in [5, 5.41) is 2.55. The van der Waals surface area contributed by atoms with E-state index in [-0.39, 0.29) is 6.04 Å². The predicted octanol–water partition coefficient (Wildman–Crippen LogP) is 2.10. The number of nitrogens with two attached hydrogens (primary N) is 1. The van der Waals surface area contributed by atoms with Gasteiger partial charge < -0.3 is 10.5 Å². The number of fused-ring (bicyclic) bond motifs is 1. The summed E-state index contributed by atoms with van der Waals surface area (Å²) < 4.78 is 5.18. The van der Waals surface area contributed by atoms with Gasteiger partial charge in [-0.2, -0.15) is 0 Å². The lowest BCUT2D eigenvalue weighted by Gasteiger charge is -2.08. The SMILES string of the molecule is NC1=N[C@@H](Cc2cccc3ccccc23)CO1. The quantitative estimate of drug-likeness (QED) is 0.852. The first-order chi connectivity index (χ1) is 8.33. The number of nitrogens with zero attached hydrogens (tertiary/aromatic N) is 1. The van der Waals surface area contributed by atoms with E-state index in [9.17, 15) is 0 Å². The van der Waals surface area contributed by atoms with Gasteiger partial charge in [0.15, 0.2) is 0 Å². The number of amidine groups is 1. The molecule has 17 heavy (non-hydrogen) atoms. The Morgan fingerprint density at radius 3 is 2.82 bits per heavy atom. The van der Waals surface area contributed by atoms with Crippen LogP contribution in [0.25, 0.3) is 10.8 Å². The van der Waals surface area contributed by atoms with Gasteiger partial charge in [0.05, 0.1) is 6.04 Å². The van der Waals surface area contributed by atoms with Crippen LogP contribution < -0.4 is 5.73 Å². The maximum Gasteiger partial charge on any atom is 0.282 e. The van der Waals surface area contributed by atoms with Crippen molar-refractivity contribution >= 4 is 16.8 Å². The van der Waals surface area contributed by atoms with Crippen molar-refractivity contribution in [2.75, 3.05) is 6.61 Å². The maximum atomic E-state index is 5.52. The largest absolute Gasteiger partial charge is 0.463 e. The van der Waals surface area contributed by atoms with Crippen LogP contribution >= 0.6 is 0 Å². The monoisotopic (exact) mass is 226 g/mol. The van der Waals surface area contributed by atoms with Crippen molar-refractivity contribution in [1.82, 2.24) is 0 Å². The van der Waals surface area contributed by atoms with Crippen LogP contribution in [0, 0.1) is 0 Å². The fourth-order valence-electron chi connectivity index (χ4n) is 2.26. The topological polar surface area (TPSA) is 47.6 Å². The summed E-state index contributed by atoms with van der Waals surface area (Å²) in [5.41, 5.74) is 6.82. The van der Waals surface area contributed by atoms with Crippen LogP contribution in [-0.4, -0.2) is 18.7 Å². The fourth-order valence-corrected chi connectivity index (χ4v) is 2.26. The van der Waals surface area contributed by atoms with Crippen LogP contribution in [0.3, 0.4) is 0 Å². The molecule has 3 nitrogen and oxygen atoms in total. The Kier molecular flexibility index (Phi) is 2.44. The molecule has 0 radical (unpaired) electrons. The molecule has 0 saturated carbocycles. The van der Waals surface area contributed by atoms with Gasteiger partial charge in [0, 0.05) is 0 Å². The molecule has 3 heteroatoms. The average molecular weight is 226 g/mol. The maximum absolute atomic E-state index is 5.52. The molecular weight excluding hydrogens is 212 g/mol. The first-order valence-electron chi connectivity index (χ1n) is 5.75. The van der Waals surface area contributed by atoms with E-state index in [0.29, 0.717) is 12.6 Å². The summed E-state index contributed by atoms with van der Waals surface area (Å²) in [5.74, 6) is 0. The van der Waals surface area contributed by atoms with Crippen molar-refractivity contribution in [3.05, 3.63) is 48.0 Å². The van der Waals surface area contributed by atoms with Gasteiger partial charge in [-0.3, -0.25) is 0 Å². The molecule has 0 unspecified atom stereocenters. The van der Waals surface area contributed by atoms with Gasteiger partial charge >= 0.3 is 0 Å². The normalized spacial score (nSPS) is 19.1. The molecule has 2 N–H and O–H groups in total. The van der Waals surface area contributed by atoms with E-state index in [1.165, 1.54) is 16.3 Å². The van der Waals surface area contributed by atoms with E-state index in [1.807, 2.05) is 0 Å². The Bertz CT molecular complexity index is 572. The summed E-state index contributed by atoms with van der Waals surface area (Å²) in [6.07, 6.45) is 0.877. The highest BCUT2D eigenvalue weighted by Crippen LogP contribution is 2.21. The molecule has 0 aliphatic carbocycles. The zero-order valence-corrected chi connectivity index (χ0v) is 9.47. The van der Waals surface area contributed by atoms with Crippen LogP contribution in [0.2, 0.25) is 0 Å². The summed E-state index contributed by atoms with van der Waals surface area (Å²) >= 11 is 0. The highest BCUT2D eigenvalue weighted by molar-refractivity contribution is 5.85. The minimum absolute atomic E-state index is 0.154. The molecule has 0 fully saturated rings. The van der Waals surface area contributed by atoms with Crippen molar-refractivity contribution < 1.29 is 4.74 Å². The van der Waals surface area contributed by atoms with Crippen molar-refractivity contribution in [1.29, 1.82) is 0 Å². The smallest absolute Gasteiger partial charge is 0.282 e. The number of ether oxygens (including phenoxy) is 1. The minimum atomic E-state index is 0.154. The third-order valence-corrected chi connectivity index (χ3v) is 3.07. The van der Waals surface area contributed by atoms with Crippen LogP contribution in [-0.2, 0) is 11.2 Å². The molecule has 1 atom stereocenters. The third-order valence-electron chi connectivity index (χ3n) is 3.07. The average Bonchev–Trinajstić information content (AvgIpc) is 2.75. The first kappa shape index (κ1) is 10.1. The lowest BCUT2D eigenvalue weighted by Crippen LogP contribution is -2.11. The van der Waals surface area contributed by atoms with Gasteiger partial charge in [0.25, 0.3) is 6.02 Å². The van der Waals surface area contributed by atoms with Crippen molar-refractivity contribution in [3.63, 3.8) is 0 Å². The molecule has 1 aliphatic heterocycles. The van der Waals surface area contributed by atoms with E-state index >= 15 is 0 Å². The number of hydrogen-bond acceptors (Lipinski definition) is 3. The number of benzene rings is 2. The van der Waals surface area contributed by atoms with E-state index in [2.05, 4.69) is 47.5 Å². The Morgan fingerprint density at radius 1 is 1.18 bits per heavy atom. The standard InChI is InChI=1S/C14H14N2O/c15-14-16-12(9-17-14)8-11-6-3-5-10-4-1-2-7-13(10)11/h1-7,12H,8-9H2,(H2,15,16)/t12-/m0/s1. The fraction of sp³-hybridized carbons (Fsp3) is 0.214. The number of hydrogen-bond donors (Lipinski definition) is 1. The molecule has 2 aromatic carbocycles. The van der Waals surface area contributed by atoms with Crippen molar-refractivity contribution in [2.24, 2.45) is 10.7 Å². The highest BCUT2D eigenvalue weighted by Gasteiger charge is 2.17. The summed E-state index contributed by atoms with van der Waals surface area (Å²) in [6.45, 7) is 0.592. The van der Waals surface area contributed by atoms with Crippen LogP contribution in [0.15, 0.2) is 47.5 Å². The highest BCUT2D eigenvalue weighted by atomic mass is 16.5. The molecule has 86 valence electrons. The molecule has 0 saturated heterocycles. The Labute approximate surface area is 99.9 Å². The second kappa shape index (κ2) is 4.09. The summed E-state index contributed by atoms with van der Waals surface area (Å²) in [4.78, 5) is 4.26. The van der Waals surface area contributed by atoms with Crippen molar-refractivity contribution in [3.8, 4) is 0 Å². The van der Waals surface area contributed by atoms with Crippen LogP contribution in [0.1, 0.15) is 5.56 Å². The lowest BCUT2D eigenvalue weighted by atomic mass is 9.99. The zero-order valence-electron chi connectivity index (χ0n) is 9.47. The van der Waals surface area contributed by atoms with Gasteiger partial charge in [0.1, 0.15) is 6.61 Å². The second-order valence-corrected chi connectivity index (χ2v) is 4.27. The van der Waals surface area contributed by atoms with Gasteiger partial charge in [-0.1, -0.05) is 42.5 Å². The summed E-state index contributed by atoms with van der Waals surface area (Å²) in [7, 11) is 0. The van der Waals surface area contributed by atoms with Crippen LogP contribution in [0.5, 0.6) is 0 Å². The van der Waals surface area contributed by atoms with Gasteiger partial charge in [-0.15, -0.1) is 0 Å². The minimum Gasteiger partial charge on any atom is -0.463 e.